The van der Waals surface area contributed by atoms with Crippen molar-refractivity contribution in [2.24, 2.45) is 0 Å². The zero-order chi connectivity index (χ0) is 8.86. The minimum absolute atomic E-state index is 0.520. The van der Waals surface area contributed by atoms with Crippen LogP contribution in [0.5, 0.6) is 0 Å². The molecule has 0 aliphatic carbocycles. The summed E-state index contributed by atoms with van der Waals surface area (Å²) < 4.78 is 5.49. The lowest BCUT2D eigenvalue weighted by atomic mass is 9.95. The summed E-state index contributed by atoms with van der Waals surface area (Å²) in [5.74, 6) is 0. The van der Waals surface area contributed by atoms with Crippen molar-refractivity contribution < 1.29 is 9.53 Å². The Hall–Kier alpha value is -0.410. The van der Waals surface area contributed by atoms with Gasteiger partial charge in [-0.1, -0.05) is 6.92 Å². The Labute approximate surface area is 73.5 Å². The largest absolute Gasteiger partial charge is 0.366 e. The normalized spacial score (nSPS) is 30.1. The smallest absolute Gasteiger partial charge is 0.153 e. The molecule has 70 valence electrons. The van der Waals surface area contributed by atoms with E-state index in [1.807, 2.05) is 6.92 Å². The summed E-state index contributed by atoms with van der Waals surface area (Å²) in [6.07, 6.45) is 4.00. The third-order valence-electron chi connectivity index (χ3n) is 2.27. The predicted octanol–water partition coefficient (Wildman–Crippen LogP) is 0.734. The monoisotopic (exact) mass is 171 g/mol. The molecular weight excluding hydrogens is 154 g/mol. The van der Waals surface area contributed by atoms with Crippen molar-refractivity contribution in [1.29, 1.82) is 0 Å². The van der Waals surface area contributed by atoms with Crippen LogP contribution in [0.25, 0.3) is 0 Å². The lowest BCUT2D eigenvalue weighted by Crippen LogP contribution is -2.46. The van der Waals surface area contributed by atoms with Crippen LogP contribution in [-0.2, 0) is 9.53 Å². The number of rotatable bonds is 4. The summed E-state index contributed by atoms with van der Waals surface area (Å²) in [5.41, 5.74) is -0.520. The van der Waals surface area contributed by atoms with Gasteiger partial charge in [0.2, 0.25) is 0 Å². The van der Waals surface area contributed by atoms with E-state index in [9.17, 15) is 4.79 Å². The van der Waals surface area contributed by atoms with Crippen molar-refractivity contribution in [3.63, 3.8) is 0 Å². The summed E-state index contributed by atoms with van der Waals surface area (Å²) in [6.45, 7) is 4.30. The molecule has 1 rings (SSSR count). The summed E-state index contributed by atoms with van der Waals surface area (Å²) in [7, 11) is 0. The van der Waals surface area contributed by atoms with Crippen LogP contribution >= 0.6 is 0 Å². The van der Waals surface area contributed by atoms with Gasteiger partial charge in [-0.2, -0.15) is 0 Å². The fourth-order valence-electron chi connectivity index (χ4n) is 1.48. The van der Waals surface area contributed by atoms with Gasteiger partial charge in [0.15, 0.2) is 6.29 Å². The van der Waals surface area contributed by atoms with Crippen LogP contribution in [0, 0.1) is 0 Å². The Morgan fingerprint density at radius 1 is 1.58 bits per heavy atom. The molecule has 0 bridgehead atoms. The van der Waals surface area contributed by atoms with Crippen molar-refractivity contribution in [2.45, 2.75) is 31.8 Å². The van der Waals surface area contributed by atoms with Crippen LogP contribution in [0.4, 0.5) is 0 Å². The molecule has 1 unspecified atom stereocenters. The Morgan fingerprint density at radius 2 is 2.42 bits per heavy atom. The minimum atomic E-state index is -0.520. The maximum Gasteiger partial charge on any atom is 0.153 e. The molecule has 0 spiro atoms. The van der Waals surface area contributed by atoms with Crippen molar-refractivity contribution in [3.8, 4) is 0 Å². The summed E-state index contributed by atoms with van der Waals surface area (Å²) in [4.78, 5) is 10.8. The maximum atomic E-state index is 10.8. The summed E-state index contributed by atoms with van der Waals surface area (Å²) in [5, 5.41) is 3.15. The molecule has 0 aromatic rings. The molecule has 0 amide bonds. The van der Waals surface area contributed by atoms with E-state index in [0.29, 0.717) is 6.54 Å². The van der Waals surface area contributed by atoms with Crippen LogP contribution in [0.3, 0.4) is 0 Å². The minimum Gasteiger partial charge on any atom is -0.366 e. The van der Waals surface area contributed by atoms with E-state index in [-0.39, 0.29) is 0 Å². The van der Waals surface area contributed by atoms with Gasteiger partial charge in [-0.05, 0) is 25.8 Å². The van der Waals surface area contributed by atoms with Gasteiger partial charge in [-0.3, -0.25) is 0 Å². The fraction of sp³-hybridized carbons (Fsp3) is 0.889. The number of ether oxygens (including phenoxy) is 1. The molecule has 1 fully saturated rings. The summed E-state index contributed by atoms with van der Waals surface area (Å²) >= 11 is 0. The molecular formula is C9H17NO2. The van der Waals surface area contributed by atoms with Gasteiger partial charge in [0.05, 0.1) is 0 Å². The van der Waals surface area contributed by atoms with Gasteiger partial charge >= 0.3 is 0 Å². The van der Waals surface area contributed by atoms with Gasteiger partial charge in [-0.25, -0.2) is 0 Å². The standard InChI is InChI=1S/C9H17NO2/c1-2-10-7-9(8-11)5-3-4-6-12-9/h8,10H,2-7H2,1H3. The molecule has 0 radical (unpaired) electrons. The maximum absolute atomic E-state index is 10.8. The number of nitrogens with one attached hydrogen (secondary N) is 1. The Kier molecular flexibility index (Phi) is 3.69. The molecule has 1 aliphatic rings. The van der Waals surface area contributed by atoms with E-state index < -0.39 is 5.60 Å². The van der Waals surface area contributed by atoms with Crippen LogP contribution < -0.4 is 5.32 Å². The fourth-order valence-corrected chi connectivity index (χ4v) is 1.48. The van der Waals surface area contributed by atoms with Gasteiger partial charge < -0.3 is 14.8 Å². The highest BCUT2D eigenvalue weighted by molar-refractivity contribution is 5.63. The average molecular weight is 171 g/mol. The first kappa shape index (κ1) is 9.68. The third kappa shape index (κ3) is 2.29. The van der Waals surface area contributed by atoms with Crippen molar-refractivity contribution >= 4 is 6.29 Å². The highest BCUT2D eigenvalue weighted by Gasteiger charge is 2.32. The van der Waals surface area contributed by atoms with E-state index >= 15 is 0 Å². The van der Waals surface area contributed by atoms with E-state index in [1.165, 1.54) is 0 Å². The third-order valence-corrected chi connectivity index (χ3v) is 2.27. The van der Waals surface area contributed by atoms with E-state index in [1.54, 1.807) is 0 Å². The Bertz CT molecular complexity index is 141. The van der Waals surface area contributed by atoms with Gasteiger partial charge in [0, 0.05) is 13.2 Å². The molecule has 1 N–H and O–H groups in total. The second-order valence-electron chi connectivity index (χ2n) is 3.27. The number of likely N-dealkylation sites (N-methyl/N-ethyl adjacent to an activating group) is 1. The summed E-state index contributed by atoms with van der Waals surface area (Å²) in [6, 6.07) is 0. The number of carbonyl (C=O) groups is 1. The number of hydrogen-bond donors (Lipinski definition) is 1. The topological polar surface area (TPSA) is 38.3 Å². The quantitative estimate of drug-likeness (QED) is 0.634. The lowest BCUT2D eigenvalue weighted by molar-refractivity contribution is -0.136. The van der Waals surface area contributed by atoms with E-state index in [0.717, 1.165) is 38.7 Å². The molecule has 1 heterocycles. The molecule has 12 heavy (non-hydrogen) atoms. The second-order valence-corrected chi connectivity index (χ2v) is 3.27. The molecule has 0 aromatic carbocycles. The van der Waals surface area contributed by atoms with Crippen LogP contribution in [0.2, 0.25) is 0 Å². The van der Waals surface area contributed by atoms with Crippen molar-refractivity contribution in [1.82, 2.24) is 5.32 Å². The number of hydrogen-bond acceptors (Lipinski definition) is 3. The van der Waals surface area contributed by atoms with Crippen LogP contribution in [0.15, 0.2) is 0 Å². The van der Waals surface area contributed by atoms with E-state index in [4.69, 9.17) is 4.74 Å². The van der Waals surface area contributed by atoms with Crippen LogP contribution in [0.1, 0.15) is 26.2 Å². The Balaban J connectivity index is 2.42. The first-order valence-electron chi connectivity index (χ1n) is 4.64. The second kappa shape index (κ2) is 4.58. The SMILES string of the molecule is CCNCC1(C=O)CCCCO1. The van der Waals surface area contributed by atoms with E-state index in [2.05, 4.69) is 5.32 Å². The molecule has 3 heteroatoms. The Morgan fingerprint density at radius 3 is 2.92 bits per heavy atom. The molecule has 1 atom stereocenters. The highest BCUT2D eigenvalue weighted by Crippen LogP contribution is 2.21. The molecule has 1 aliphatic heterocycles. The molecule has 3 nitrogen and oxygen atoms in total. The predicted molar refractivity (Wildman–Crippen MR) is 47.1 cm³/mol. The van der Waals surface area contributed by atoms with Crippen molar-refractivity contribution in [3.05, 3.63) is 0 Å². The molecule has 0 saturated carbocycles. The van der Waals surface area contributed by atoms with Gasteiger partial charge in [0.25, 0.3) is 0 Å². The first-order chi connectivity index (χ1) is 5.83. The van der Waals surface area contributed by atoms with Crippen LogP contribution in [-0.4, -0.2) is 31.6 Å². The molecule has 0 aromatic heterocycles. The van der Waals surface area contributed by atoms with Gasteiger partial charge in [0.1, 0.15) is 5.60 Å². The first-order valence-corrected chi connectivity index (χ1v) is 4.64. The highest BCUT2D eigenvalue weighted by atomic mass is 16.5. The number of aldehydes is 1. The van der Waals surface area contributed by atoms with Gasteiger partial charge in [-0.15, -0.1) is 0 Å². The average Bonchev–Trinajstić information content (AvgIpc) is 2.16. The van der Waals surface area contributed by atoms with Crippen molar-refractivity contribution in [2.75, 3.05) is 19.7 Å². The zero-order valence-corrected chi connectivity index (χ0v) is 7.64. The molecule has 1 saturated heterocycles. The zero-order valence-electron chi connectivity index (χ0n) is 7.64. The lowest BCUT2D eigenvalue weighted by Gasteiger charge is -2.32. The number of carbonyl (C=O) groups excluding carboxylic acids is 1.